The van der Waals surface area contributed by atoms with Gasteiger partial charge in [-0.1, -0.05) is 0 Å². The van der Waals surface area contributed by atoms with Gasteiger partial charge in [0.25, 0.3) is 0 Å². The summed E-state index contributed by atoms with van der Waals surface area (Å²) in [6, 6.07) is 3.82. The third-order valence-electron chi connectivity index (χ3n) is 2.18. The molecular weight excluding hydrogens is 164 g/mol. The van der Waals surface area contributed by atoms with Crippen molar-refractivity contribution < 1.29 is 4.73 Å². The maximum Gasteiger partial charge on any atom is 0.206 e. The van der Waals surface area contributed by atoms with Gasteiger partial charge in [0.1, 0.15) is 5.52 Å². The number of hydrogen-bond acceptors (Lipinski definition) is 2. The van der Waals surface area contributed by atoms with Crippen LogP contribution in [0.15, 0.2) is 24.5 Å². The lowest BCUT2D eigenvalue weighted by Crippen LogP contribution is -2.23. The molecule has 66 valence electrons. The van der Waals surface area contributed by atoms with Gasteiger partial charge in [-0.05, 0) is 25.5 Å². The normalized spacial score (nSPS) is 10.6. The highest BCUT2D eigenvalue weighted by Crippen LogP contribution is 2.13. The van der Waals surface area contributed by atoms with Crippen LogP contribution >= 0.6 is 0 Å². The van der Waals surface area contributed by atoms with Gasteiger partial charge in [0, 0.05) is 17.1 Å². The van der Waals surface area contributed by atoms with Crippen LogP contribution in [0.5, 0.6) is 0 Å². The van der Waals surface area contributed by atoms with Crippen LogP contribution in [-0.2, 0) is 0 Å². The summed E-state index contributed by atoms with van der Waals surface area (Å²) in [5, 5.41) is 12.0. The van der Waals surface area contributed by atoms with Crippen molar-refractivity contribution in [1.29, 1.82) is 0 Å². The molecule has 0 aliphatic carbocycles. The van der Waals surface area contributed by atoms with Crippen molar-refractivity contribution in [1.82, 2.24) is 4.98 Å². The highest BCUT2D eigenvalue weighted by Gasteiger charge is 2.01. The summed E-state index contributed by atoms with van der Waals surface area (Å²) in [4.78, 5) is 4.32. The SMILES string of the molecule is Cc1cc2cc[n+]([O-])cc2nc1C. The van der Waals surface area contributed by atoms with Crippen molar-refractivity contribution in [2.24, 2.45) is 0 Å². The number of fused-ring (bicyclic) bond motifs is 1. The standard InChI is InChI=1S/C10H10N2O/c1-7-5-9-3-4-12(13)6-10(9)11-8(7)2/h3-6H,1-2H3. The van der Waals surface area contributed by atoms with E-state index in [-0.39, 0.29) is 0 Å². The molecule has 0 aliphatic heterocycles. The van der Waals surface area contributed by atoms with Gasteiger partial charge in [-0.2, -0.15) is 4.73 Å². The molecular formula is C10H10N2O. The third kappa shape index (κ3) is 1.33. The average molecular weight is 174 g/mol. The minimum absolute atomic E-state index is 0.751. The minimum Gasteiger partial charge on any atom is -0.619 e. The topological polar surface area (TPSA) is 39.8 Å². The summed E-state index contributed by atoms with van der Waals surface area (Å²) < 4.78 is 0.768. The van der Waals surface area contributed by atoms with E-state index in [0.717, 1.165) is 26.9 Å². The minimum atomic E-state index is 0.751. The molecule has 0 saturated heterocycles. The molecule has 0 amide bonds. The lowest BCUT2D eigenvalue weighted by Gasteiger charge is -2.02. The molecule has 0 aliphatic rings. The Morgan fingerprint density at radius 2 is 2.15 bits per heavy atom. The Kier molecular flexibility index (Phi) is 1.65. The lowest BCUT2D eigenvalue weighted by molar-refractivity contribution is -0.604. The molecule has 0 atom stereocenters. The molecule has 0 radical (unpaired) electrons. The number of nitrogens with zero attached hydrogens (tertiary/aromatic N) is 2. The van der Waals surface area contributed by atoms with Crippen molar-refractivity contribution in [2.45, 2.75) is 13.8 Å². The van der Waals surface area contributed by atoms with Crippen LogP contribution < -0.4 is 4.73 Å². The second-order valence-corrected chi connectivity index (χ2v) is 3.17. The Morgan fingerprint density at radius 1 is 1.38 bits per heavy atom. The molecule has 3 nitrogen and oxygen atoms in total. The van der Waals surface area contributed by atoms with E-state index in [2.05, 4.69) is 4.98 Å². The van der Waals surface area contributed by atoms with E-state index in [1.165, 1.54) is 12.4 Å². The van der Waals surface area contributed by atoms with Crippen molar-refractivity contribution in [3.05, 3.63) is 41.0 Å². The molecule has 13 heavy (non-hydrogen) atoms. The van der Waals surface area contributed by atoms with Gasteiger partial charge in [-0.15, -0.1) is 0 Å². The van der Waals surface area contributed by atoms with E-state index in [1.54, 1.807) is 6.07 Å². The number of hydrogen-bond donors (Lipinski definition) is 0. The van der Waals surface area contributed by atoms with Crippen LogP contribution in [0.3, 0.4) is 0 Å². The zero-order valence-electron chi connectivity index (χ0n) is 7.61. The first-order valence-corrected chi connectivity index (χ1v) is 4.13. The van der Waals surface area contributed by atoms with E-state index in [1.807, 2.05) is 19.9 Å². The first-order valence-electron chi connectivity index (χ1n) is 4.13. The van der Waals surface area contributed by atoms with Gasteiger partial charge >= 0.3 is 0 Å². The van der Waals surface area contributed by atoms with Crippen molar-refractivity contribution in [2.75, 3.05) is 0 Å². The molecule has 2 rings (SSSR count). The summed E-state index contributed by atoms with van der Waals surface area (Å²) in [5.74, 6) is 0. The summed E-state index contributed by atoms with van der Waals surface area (Å²) in [5.41, 5.74) is 2.87. The average Bonchev–Trinajstić information content (AvgIpc) is 2.08. The Hall–Kier alpha value is -1.64. The molecule has 0 aromatic carbocycles. The fraction of sp³-hybridized carbons (Fsp3) is 0.200. The molecule has 0 N–H and O–H groups in total. The lowest BCUT2D eigenvalue weighted by atomic mass is 10.1. The summed E-state index contributed by atoms with van der Waals surface area (Å²) >= 11 is 0. The van der Waals surface area contributed by atoms with Crippen molar-refractivity contribution >= 4 is 10.9 Å². The first kappa shape index (κ1) is 7.98. The first-order chi connectivity index (χ1) is 6.16. The molecule has 0 unspecified atom stereocenters. The van der Waals surface area contributed by atoms with Gasteiger partial charge in [0.2, 0.25) is 6.20 Å². The zero-order valence-corrected chi connectivity index (χ0v) is 7.61. The van der Waals surface area contributed by atoms with Crippen LogP contribution in [-0.4, -0.2) is 4.98 Å². The van der Waals surface area contributed by atoms with Crippen LogP contribution in [0.2, 0.25) is 0 Å². The number of aryl methyl sites for hydroxylation is 2. The van der Waals surface area contributed by atoms with E-state index < -0.39 is 0 Å². The van der Waals surface area contributed by atoms with Crippen LogP contribution in [0, 0.1) is 19.1 Å². The molecule has 0 bridgehead atoms. The highest BCUT2D eigenvalue weighted by molar-refractivity contribution is 5.77. The van der Waals surface area contributed by atoms with E-state index in [0.29, 0.717) is 0 Å². The van der Waals surface area contributed by atoms with Crippen LogP contribution in [0.4, 0.5) is 0 Å². The van der Waals surface area contributed by atoms with Crippen LogP contribution in [0.25, 0.3) is 10.9 Å². The summed E-state index contributed by atoms with van der Waals surface area (Å²) in [6.45, 7) is 3.96. The van der Waals surface area contributed by atoms with E-state index >= 15 is 0 Å². The third-order valence-corrected chi connectivity index (χ3v) is 2.18. The van der Waals surface area contributed by atoms with E-state index in [4.69, 9.17) is 0 Å². The summed E-state index contributed by atoms with van der Waals surface area (Å²) in [6.07, 6.45) is 2.97. The summed E-state index contributed by atoms with van der Waals surface area (Å²) in [7, 11) is 0. The smallest absolute Gasteiger partial charge is 0.206 e. The fourth-order valence-corrected chi connectivity index (χ4v) is 1.30. The number of aromatic nitrogens is 2. The molecule has 2 aromatic heterocycles. The van der Waals surface area contributed by atoms with Gasteiger partial charge in [-0.3, -0.25) is 0 Å². The van der Waals surface area contributed by atoms with Crippen LogP contribution in [0.1, 0.15) is 11.3 Å². The Labute approximate surface area is 76.2 Å². The number of pyridine rings is 2. The van der Waals surface area contributed by atoms with Gasteiger partial charge < -0.3 is 5.21 Å². The highest BCUT2D eigenvalue weighted by atomic mass is 16.5. The maximum absolute atomic E-state index is 11.0. The van der Waals surface area contributed by atoms with Gasteiger partial charge in [0.05, 0.1) is 0 Å². The molecule has 0 fully saturated rings. The second-order valence-electron chi connectivity index (χ2n) is 3.17. The molecule has 0 spiro atoms. The number of rotatable bonds is 0. The fourth-order valence-electron chi connectivity index (χ4n) is 1.30. The Bertz CT molecular complexity index is 466. The zero-order chi connectivity index (χ0) is 9.42. The Morgan fingerprint density at radius 3 is 2.92 bits per heavy atom. The van der Waals surface area contributed by atoms with Gasteiger partial charge in [0.15, 0.2) is 6.20 Å². The molecule has 3 heteroatoms. The van der Waals surface area contributed by atoms with Crippen molar-refractivity contribution in [3.8, 4) is 0 Å². The quantitative estimate of drug-likeness (QED) is 0.448. The second kappa shape index (κ2) is 2.69. The van der Waals surface area contributed by atoms with Crippen molar-refractivity contribution in [3.63, 3.8) is 0 Å². The monoisotopic (exact) mass is 174 g/mol. The predicted molar refractivity (Wildman–Crippen MR) is 50.2 cm³/mol. The van der Waals surface area contributed by atoms with E-state index in [9.17, 15) is 5.21 Å². The predicted octanol–water partition coefficient (Wildman–Crippen LogP) is 1.49. The molecule has 0 saturated carbocycles. The van der Waals surface area contributed by atoms with Gasteiger partial charge in [-0.25, -0.2) is 4.98 Å². The maximum atomic E-state index is 11.0. The Balaban J connectivity index is 2.81. The largest absolute Gasteiger partial charge is 0.619 e. The molecule has 2 heterocycles. The molecule has 2 aromatic rings.